The van der Waals surface area contributed by atoms with Crippen LogP contribution in [0.5, 0.6) is 0 Å². The van der Waals surface area contributed by atoms with Crippen molar-refractivity contribution in [3.05, 3.63) is 36.3 Å². The van der Waals surface area contributed by atoms with E-state index in [1.54, 1.807) is 45.4 Å². The molecule has 3 aliphatic heterocycles. The van der Waals surface area contributed by atoms with Crippen LogP contribution in [0, 0.1) is 22.2 Å². The molecule has 9 atom stereocenters. The van der Waals surface area contributed by atoms with Gasteiger partial charge >= 0.3 is 17.9 Å². The van der Waals surface area contributed by atoms with Gasteiger partial charge in [0.25, 0.3) is 0 Å². The second kappa shape index (κ2) is 7.05. The van der Waals surface area contributed by atoms with E-state index in [0.717, 1.165) is 5.56 Å². The number of esters is 3. The summed E-state index contributed by atoms with van der Waals surface area (Å²) in [5, 5.41) is 12.5. The quantitative estimate of drug-likeness (QED) is 0.359. The summed E-state index contributed by atoms with van der Waals surface area (Å²) < 4.78 is 29.5. The summed E-state index contributed by atoms with van der Waals surface area (Å²) in [6.45, 7) is 10.7. The molecule has 2 spiro atoms. The first-order valence-electron chi connectivity index (χ1n) is 12.9. The third-order valence-electron chi connectivity index (χ3n) is 10.8. The summed E-state index contributed by atoms with van der Waals surface area (Å²) in [6, 6.07) is 1.79. The van der Waals surface area contributed by atoms with Crippen LogP contribution in [0.1, 0.15) is 72.5 Å². The first kappa shape index (κ1) is 24.7. The second-order valence-electron chi connectivity index (χ2n) is 12.6. The molecule has 0 amide bonds. The monoisotopic (exact) mass is 514 g/mol. The molecule has 0 radical (unpaired) electrons. The number of furan rings is 1. The van der Waals surface area contributed by atoms with Gasteiger partial charge in [-0.2, -0.15) is 0 Å². The van der Waals surface area contributed by atoms with Crippen LogP contribution in [0.3, 0.4) is 0 Å². The third-order valence-corrected chi connectivity index (χ3v) is 10.8. The van der Waals surface area contributed by atoms with E-state index >= 15 is 0 Å². The largest absolute Gasteiger partial charge is 0.472 e. The third kappa shape index (κ3) is 2.64. The molecule has 2 aliphatic carbocycles. The number of hydrogen-bond acceptors (Lipinski definition) is 9. The zero-order chi connectivity index (χ0) is 26.8. The first-order chi connectivity index (χ1) is 17.2. The van der Waals surface area contributed by atoms with Crippen LogP contribution in [0.15, 0.2) is 35.2 Å². The average Bonchev–Trinajstić information content (AvgIpc) is 3.36. The molecule has 1 aromatic heterocycles. The molecule has 2 saturated heterocycles. The summed E-state index contributed by atoms with van der Waals surface area (Å²) in [6.07, 6.45) is 5.30. The van der Waals surface area contributed by atoms with Gasteiger partial charge in [0.1, 0.15) is 23.4 Å². The van der Waals surface area contributed by atoms with Crippen molar-refractivity contribution in [2.24, 2.45) is 22.2 Å². The van der Waals surface area contributed by atoms with Crippen LogP contribution in [-0.2, 0) is 33.3 Å². The van der Waals surface area contributed by atoms with E-state index in [9.17, 15) is 19.5 Å². The van der Waals surface area contributed by atoms with Crippen LogP contribution < -0.4 is 0 Å². The van der Waals surface area contributed by atoms with Gasteiger partial charge in [0.2, 0.25) is 0 Å². The van der Waals surface area contributed by atoms with Crippen molar-refractivity contribution in [2.75, 3.05) is 0 Å². The molecule has 6 rings (SSSR count). The van der Waals surface area contributed by atoms with Crippen molar-refractivity contribution in [3.63, 3.8) is 0 Å². The van der Waals surface area contributed by atoms with Crippen molar-refractivity contribution in [1.29, 1.82) is 0 Å². The van der Waals surface area contributed by atoms with E-state index in [1.807, 2.05) is 6.92 Å². The fourth-order valence-corrected chi connectivity index (χ4v) is 9.10. The maximum atomic E-state index is 13.3. The number of ether oxygens (including phenoxy) is 4. The lowest BCUT2D eigenvalue weighted by atomic mass is 9.36. The van der Waals surface area contributed by atoms with E-state index in [1.165, 1.54) is 13.0 Å². The zero-order valence-corrected chi connectivity index (χ0v) is 22.0. The fraction of sp³-hybridized carbons (Fsp3) is 0.679. The van der Waals surface area contributed by atoms with E-state index in [2.05, 4.69) is 6.92 Å². The number of cyclic esters (lactones) is 2. The van der Waals surface area contributed by atoms with Crippen molar-refractivity contribution in [1.82, 2.24) is 0 Å². The lowest BCUT2D eigenvalue weighted by Crippen LogP contribution is -2.78. The Kier molecular flexibility index (Phi) is 4.70. The molecular weight excluding hydrogens is 480 g/mol. The Morgan fingerprint density at radius 3 is 2.49 bits per heavy atom. The Bertz CT molecular complexity index is 1210. The highest BCUT2D eigenvalue weighted by molar-refractivity contribution is 5.84. The van der Waals surface area contributed by atoms with Gasteiger partial charge in [-0.15, -0.1) is 0 Å². The van der Waals surface area contributed by atoms with E-state index in [-0.39, 0.29) is 6.42 Å². The van der Waals surface area contributed by atoms with E-state index in [0.29, 0.717) is 12.8 Å². The van der Waals surface area contributed by atoms with Gasteiger partial charge in [0.05, 0.1) is 23.5 Å². The molecule has 37 heavy (non-hydrogen) atoms. The molecule has 2 saturated carbocycles. The predicted molar refractivity (Wildman–Crippen MR) is 127 cm³/mol. The molecule has 0 aromatic carbocycles. The smallest absolute Gasteiger partial charge is 0.339 e. The Labute approximate surface area is 215 Å². The summed E-state index contributed by atoms with van der Waals surface area (Å²) >= 11 is 0. The van der Waals surface area contributed by atoms with Crippen molar-refractivity contribution < 1.29 is 42.9 Å². The molecule has 9 nitrogen and oxygen atoms in total. The minimum absolute atomic E-state index is 0.183. The number of rotatable bonds is 2. The Morgan fingerprint density at radius 2 is 1.86 bits per heavy atom. The molecule has 200 valence electrons. The summed E-state index contributed by atoms with van der Waals surface area (Å²) in [4.78, 5) is 38.0. The molecule has 1 N–H and O–H groups in total. The Hall–Kier alpha value is -2.65. The fourth-order valence-electron chi connectivity index (χ4n) is 9.10. The van der Waals surface area contributed by atoms with Crippen molar-refractivity contribution in [2.45, 2.75) is 95.9 Å². The second-order valence-corrected chi connectivity index (χ2v) is 12.6. The van der Waals surface area contributed by atoms with Crippen LogP contribution in [-0.4, -0.2) is 52.0 Å². The average molecular weight is 515 g/mol. The minimum atomic E-state index is -1.40. The van der Waals surface area contributed by atoms with Crippen LogP contribution >= 0.6 is 0 Å². The molecular formula is C28H34O9. The minimum Gasteiger partial charge on any atom is -0.472 e. The number of carbonyl (C=O) groups is 3. The molecule has 9 heteroatoms. The maximum absolute atomic E-state index is 13.3. The summed E-state index contributed by atoms with van der Waals surface area (Å²) in [7, 11) is 0. The van der Waals surface area contributed by atoms with Crippen molar-refractivity contribution in [3.8, 4) is 0 Å². The highest BCUT2D eigenvalue weighted by Gasteiger charge is 2.89. The molecule has 1 aromatic rings. The van der Waals surface area contributed by atoms with E-state index in [4.69, 9.17) is 23.4 Å². The first-order valence-corrected chi connectivity index (χ1v) is 12.9. The van der Waals surface area contributed by atoms with Crippen LogP contribution in [0.2, 0.25) is 0 Å². The van der Waals surface area contributed by atoms with Gasteiger partial charge in [-0.1, -0.05) is 19.9 Å². The zero-order valence-electron chi connectivity index (χ0n) is 22.0. The number of hydrogen-bond donors (Lipinski definition) is 1. The standard InChI is InChI=1S/C28H34O9/c1-15(29)34-18-13-27(11-8-19(30)36-23(27,2)3)26(6,32)17-7-10-24(4)20(16-9-12-33-14-16)35-22(31)21-28(24,37-21)25(17,18)5/h8-9,11-12,14,17-18,20-21,32H,7,10,13H2,1-6H3. The lowest BCUT2D eigenvalue weighted by Gasteiger charge is -2.70. The van der Waals surface area contributed by atoms with Gasteiger partial charge in [-0.25, -0.2) is 9.59 Å². The highest BCUT2D eigenvalue weighted by atomic mass is 16.7. The topological polar surface area (TPSA) is 125 Å². The Morgan fingerprint density at radius 1 is 1.14 bits per heavy atom. The lowest BCUT2D eigenvalue weighted by molar-refractivity contribution is -0.305. The van der Waals surface area contributed by atoms with Gasteiger partial charge in [-0.3, -0.25) is 4.79 Å². The maximum Gasteiger partial charge on any atom is 0.339 e. The molecule has 4 heterocycles. The molecule has 9 unspecified atom stereocenters. The highest BCUT2D eigenvalue weighted by Crippen LogP contribution is 2.79. The van der Waals surface area contributed by atoms with Crippen molar-refractivity contribution >= 4 is 17.9 Å². The molecule has 4 fully saturated rings. The predicted octanol–water partition coefficient (Wildman–Crippen LogP) is 3.40. The SMILES string of the molecule is CC(=O)OC1CC2(C=CC(=O)OC2(C)C)C(C)(O)C2CCC3(C)C(c4ccoc4)OC(=O)C4OC43C12C. The molecule has 0 bridgehead atoms. The number of epoxide rings is 1. The number of aliphatic hydroxyl groups is 1. The van der Waals surface area contributed by atoms with Gasteiger partial charge in [0.15, 0.2) is 6.10 Å². The van der Waals surface area contributed by atoms with Gasteiger partial charge in [0, 0.05) is 41.7 Å². The Balaban J connectivity index is 1.56. The van der Waals surface area contributed by atoms with Crippen LogP contribution in [0.25, 0.3) is 0 Å². The number of fused-ring (bicyclic) bond motifs is 1. The number of carbonyl (C=O) groups excluding carboxylic acids is 3. The summed E-state index contributed by atoms with van der Waals surface area (Å²) in [5.74, 6) is -1.89. The van der Waals surface area contributed by atoms with Crippen LogP contribution in [0.4, 0.5) is 0 Å². The van der Waals surface area contributed by atoms with E-state index < -0.39 is 75.2 Å². The van der Waals surface area contributed by atoms with Gasteiger partial charge < -0.3 is 28.5 Å². The summed E-state index contributed by atoms with van der Waals surface area (Å²) in [5.41, 5.74) is -5.50. The molecule has 5 aliphatic rings. The van der Waals surface area contributed by atoms with Gasteiger partial charge in [-0.05, 0) is 39.7 Å². The normalized spacial score (nSPS) is 49.3.